The molecule has 2 aliphatic rings. The number of ether oxygens (including phenoxy) is 1. The fourth-order valence-corrected chi connectivity index (χ4v) is 3.92. The van der Waals surface area contributed by atoms with E-state index >= 15 is 0 Å². The summed E-state index contributed by atoms with van der Waals surface area (Å²) < 4.78 is 28.5. The molecule has 2 saturated heterocycles. The Morgan fingerprint density at radius 2 is 2.26 bits per heavy atom. The topological polar surface area (TPSA) is 155 Å². The zero-order chi connectivity index (χ0) is 16.3. The Bertz CT molecular complexity index is 869. The number of nitrogens with zero attached hydrogens (tertiary/aromatic N) is 3. The number of hydrogen-bond donors (Lipinski definition) is 4. The molecule has 2 aromatic rings. The zero-order valence-electron chi connectivity index (χ0n) is 11.4. The first kappa shape index (κ1) is 15.1. The average molecular weight is 361 g/mol. The van der Waals surface area contributed by atoms with Crippen LogP contribution in [0.15, 0.2) is 9.95 Å². The molecule has 0 bridgehead atoms. The fraction of sp³-hybridized carbons (Fsp3) is 0.500. The summed E-state index contributed by atoms with van der Waals surface area (Å²) in [4.78, 5) is 22.2. The van der Waals surface area contributed by atoms with Crippen molar-refractivity contribution in [3.05, 3.63) is 10.4 Å². The molecule has 3 unspecified atom stereocenters. The molecule has 5 atom stereocenters. The smallest absolute Gasteiger partial charge is 0.319 e. The molecule has 124 valence electrons. The van der Waals surface area contributed by atoms with Crippen LogP contribution in [0.5, 0.6) is 0 Å². The van der Waals surface area contributed by atoms with E-state index in [1.807, 2.05) is 0 Å². The quantitative estimate of drug-likeness (QED) is 0.372. The first-order valence-corrected chi connectivity index (χ1v) is 8.26. The Hall–Kier alpha value is -1.43. The van der Waals surface area contributed by atoms with Gasteiger partial charge in [0.25, 0.3) is 5.56 Å². The molecule has 13 heteroatoms. The van der Waals surface area contributed by atoms with Crippen molar-refractivity contribution in [2.45, 2.75) is 29.7 Å². The second kappa shape index (κ2) is 5.30. The van der Waals surface area contributed by atoms with Crippen LogP contribution in [0.2, 0.25) is 0 Å². The summed E-state index contributed by atoms with van der Waals surface area (Å²) >= 11 is 4.20. The molecule has 4 rings (SSSR count). The van der Waals surface area contributed by atoms with Gasteiger partial charge in [-0.1, -0.05) is 0 Å². The first-order valence-electron chi connectivity index (χ1n) is 6.59. The molecular weight excluding hydrogens is 349 g/mol. The van der Waals surface area contributed by atoms with Gasteiger partial charge in [-0.2, -0.15) is 4.98 Å². The van der Waals surface area contributed by atoms with E-state index in [0.717, 1.165) is 0 Å². The minimum absolute atomic E-state index is 0.0145. The van der Waals surface area contributed by atoms with E-state index in [-0.39, 0.29) is 28.9 Å². The van der Waals surface area contributed by atoms with E-state index in [9.17, 15) is 14.5 Å². The Morgan fingerprint density at radius 3 is 3.04 bits per heavy atom. The molecule has 4 N–H and O–H groups in total. The summed E-state index contributed by atoms with van der Waals surface area (Å²) in [5.74, 6) is -0.105. The largest absolute Gasteiger partial charge is 0.386 e. The second-order valence-electron chi connectivity index (χ2n) is 5.10. The van der Waals surface area contributed by atoms with Crippen LogP contribution in [-0.2, 0) is 18.3 Å². The Kier molecular flexibility index (Phi) is 3.48. The number of thiol groups is 1. The number of aliphatic hydroxyl groups excluding tert-OH is 1. The van der Waals surface area contributed by atoms with Crippen LogP contribution < -0.4 is 11.3 Å². The van der Waals surface area contributed by atoms with Crippen molar-refractivity contribution in [3.63, 3.8) is 0 Å². The third-order valence-corrected chi connectivity index (χ3v) is 4.89. The van der Waals surface area contributed by atoms with Gasteiger partial charge in [-0.25, -0.2) is 4.98 Å². The Morgan fingerprint density at radius 1 is 1.48 bits per heavy atom. The van der Waals surface area contributed by atoms with Crippen LogP contribution in [0, 0.1) is 0 Å². The molecule has 23 heavy (non-hydrogen) atoms. The van der Waals surface area contributed by atoms with Crippen molar-refractivity contribution in [1.82, 2.24) is 19.5 Å². The molecule has 0 amide bonds. The maximum Gasteiger partial charge on any atom is 0.319 e. The fourth-order valence-electron chi connectivity index (χ4n) is 2.73. The summed E-state index contributed by atoms with van der Waals surface area (Å²) in [7, 11) is -2.66. The highest BCUT2D eigenvalue weighted by atomic mass is 32.1. The van der Waals surface area contributed by atoms with E-state index in [2.05, 4.69) is 27.6 Å². The van der Waals surface area contributed by atoms with Crippen molar-refractivity contribution in [1.29, 1.82) is 0 Å². The molecule has 2 aliphatic heterocycles. The number of nitrogens with one attached hydrogen (secondary N) is 1. The van der Waals surface area contributed by atoms with E-state index in [1.54, 1.807) is 0 Å². The molecule has 2 aromatic heterocycles. The van der Waals surface area contributed by atoms with Crippen LogP contribution in [0.1, 0.15) is 6.23 Å². The number of nitrogen functional groups attached to an aromatic ring is 1. The predicted octanol–water partition coefficient (Wildman–Crippen LogP) is -0.946. The monoisotopic (exact) mass is 361 g/mol. The first-order chi connectivity index (χ1) is 11.0. The van der Waals surface area contributed by atoms with Gasteiger partial charge in [-0.3, -0.25) is 18.9 Å². The van der Waals surface area contributed by atoms with Crippen molar-refractivity contribution >= 4 is 38.0 Å². The summed E-state index contributed by atoms with van der Waals surface area (Å²) in [6.07, 6.45) is -3.57. The lowest BCUT2D eigenvalue weighted by Crippen LogP contribution is -2.37. The number of hydrogen-bond acceptors (Lipinski definition) is 10. The molecule has 0 radical (unpaired) electrons. The third kappa shape index (κ3) is 2.30. The van der Waals surface area contributed by atoms with Crippen molar-refractivity contribution in [3.8, 4) is 0 Å². The van der Waals surface area contributed by atoms with Gasteiger partial charge < -0.3 is 24.6 Å². The summed E-state index contributed by atoms with van der Waals surface area (Å²) in [5, 5.41) is 10.6. The predicted molar refractivity (Wildman–Crippen MR) is 79.6 cm³/mol. The SMILES string of the molecule is Nc1nc2c(nc(S)n2[C@@H]2OC3CO[PH](=O)O[C@H]3C2O)c(=O)[nH]1. The van der Waals surface area contributed by atoms with Gasteiger partial charge in [0.1, 0.15) is 18.3 Å². The summed E-state index contributed by atoms with van der Waals surface area (Å²) in [6.45, 7) is 0.0285. The molecule has 0 aromatic carbocycles. The van der Waals surface area contributed by atoms with Crippen LogP contribution in [0.25, 0.3) is 11.2 Å². The van der Waals surface area contributed by atoms with Gasteiger partial charge in [0.15, 0.2) is 22.5 Å². The number of fused-ring (bicyclic) bond motifs is 2. The molecule has 4 heterocycles. The van der Waals surface area contributed by atoms with Crippen molar-refractivity contribution in [2.75, 3.05) is 12.3 Å². The third-order valence-electron chi connectivity index (χ3n) is 3.71. The van der Waals surface area contributed by atoms with Gasteiger partial charge in [0, 0.05) is 0 Å². The maximum atomic E-state index is 11.9. The van der Waals surface area contributed by atoms with Gasteiger partial charge in [-0.15, -0.1) is 12.6 Å². The van der Waals surface area contributed by atoms with Crippen LogP contribution in [0.3, 0.4) is 0 Å². The van der Waals surface area contributed by atoms with E-state index in [0.29, 0.717) is 0 Å². The highest BCUT2D eigenvalue weighted by molar-refractivity contribution is 7.80. The second-order valence-corrected chi connectivity index (χ2v) is 6.53. The summed E-state index contributed by atoms with van der Waals surface area (Å²) in [6, 6.07) is 0. The molecule has 11 nitrogen and oxygen atoms in total. The number of aromatic nitrogens is 4. The average Bonchev–Trinajstić information content (AvgIpc) is 2.97. The van der Waals surface area contributed by atoms with Crippen LogP contribution >= 0.6 is 20.9 Å². The Balaban J connectivity index is 1.82. The number of nitrogens with two attached hydrogens (primary N) is 1. The number of H-pyrrole nitrogens is 1. The van der Waals surface area contributed by atoms with Gasteiger partial charge >= 0.3 is 8.25 Å². The number of anilines is 1. The normalized spacial score (nSPS) is 33.9. The standard InChI is InChI=1S/C10H12N5O6PS/c11-9-13-6-3(7(17)14-9)12-10(23)15(6)8-4(16)5-2(20-8)1-19-22(18)21-5/h2,4-5,8,16,22H,1H2,(H,12,23)(H3,11,13,14,17)/t2?,4?,5-,8-/m1/s1. The lowest BCUT2D eigenvalue weighted by atomic mass is 10.1. The molecule has 0 saturated carbocycles. The minimum Gasteiger partial charge on any atom is -0.386 e. The van der Waals surface area contributed by atoms with Gasteiger partial charge in [0.05, 0.1) is 6.61 Å². The minimum atomic E-state index is -2.66. The van der Waals surface area contributed by atoms with Crippen molar-refractivity contribution < 1.29 is 23.5 Å². The van der Waals surface area contributed by atoms with Gasteiger partial charge in [-0.05, 0) is 0 Å². The summed E-state index contributed by atoms with van der Waals surface area (Å²) in [5.41, 5.74) is 5.15. The van der Waals surface area contributed by atoms with Crippen LogP contribution in [0.4, 0.5) is 5.95 Å². The van der Waals surface area contributed by atoms with E-state index in [1.165, 1.54) is 4.57 Å². The van der Waals surface area contributed by atoms with Crippen LogP contribution in [-0.4, -0.2) is 49.5 Å². The number of rotatable bonds is 1. The highest BCUT2D eigenvalue weighted by Gasteiger charge is 2.49. The van der Waals surface area contributed by atoms with Crippen molar-refractivity contribution in [2.24, 2.45) is 0 Å². The number of aromatic amines is 1. The lowest BCUT2D eigenvalue weighted by molar-refractivity contribution is -0.0583. The Labute approximate surface area is 134 Å². The van der Waals surface area contributed by atoms with Gasteiger partial charge in [0.2, 0.25) is 5.95 Å². The lowest BCUT2D eigenvalue weighted by Gasteiger charge is -2.24. The molecule has 0 spiro atoms. The molecule has 2 fully saturated rings. The van der Waals surface area contributed by atoms with E-state index in [4.69, 9.17) is 19.5 Å². The maximum absolute atomic E-state index is 11.9. The molecular formula is C10H12N5O6PS. The highest BCUT2D eigenvalue weighted by Crippen LogP contribution is 2.43. The molecule has 0 aliphatic carbocycles. The number of imidazole rings is 1. The zero-order valence-corrected chi connectivity index (χ0v) is 13.3. The number of aliphatic hydroxyl groups is 1. The van der Waals surface area contributed by atoms with E-state index < -0.39 is 38.4 Å².